The quantitative estimate of drug-likeness (QED) is 0.482. The van der Waals surface area contributed by atoms with Gasteiger partial charge in [0.05, 0.1) is 0 Å². The summed E-state index contributed by atoms with van der Waals surface area (Å²) in [5, 5.41) is 0. The first-order valence-corrected chi connectivity index (χ1v) is 2.75. The zero-order valence-corrected chi connectivity index (χ0v) is 6.12. The van der Waals surface area contributed by atoms with Crippen LogP contribution in [0.3, 0.4) is 0 Å². The zero-order chi connectivity index (χ0) is 4.50. The third-order valence-corrected chi connectivity index (χ3v) is 0. The minimum absolute atomic E-state index is 0. The van der Waals surface area contributed by atoms with E-state index in [1.807, 2.05) is 0 Å². The maximum atomic E-state index is 8.59. The molecule has 0 fully saturated rings. The number of rotatable bonds is 0. The average molecular weight is 268 g/mol. The molecule has 0 saturated carbocycles. The van der Waals surface area contributed by atoms with E-state index in [4.69, 9.17) is 15.9 Å². The van der Waals surface area contributed by atoms with Gasteiger partial charge in [-0.25, -0.2) is 0 Å². The van der Waals surface area contributed by atoms with Crippen LogP contribution in [0.2, 0.25) is 0 Å². The van der Waals surface area contributed by atoms with Gasteiger partial charge < -0.3 is 0 Å². The van der Waals surface area contributed by atoms with Crippen LogP contribution in [0.1, 0.15) is 0 Å². The Hall–Kier alpha value is 1.64. The van der Waals surface area contributed by atoms with Crippen molar-refractivity contribution in [3.63, 3.8) is 0 Å². The van der Waals surface area contributed by atoms with Crippen molar-refractivity contribution in [2.45, 2.75) is 0 Å². The van der Waals surface area contributed by atoms with E-state index in [1.165, 1.54) is 0 Å². The van der Waals surface area contributed by atoms with Gasteiger partial charge in [0.2, 0.25) is 0 Å². The summed E-state index contributed by atoms with van der Waals surface area (Å²) in [6.45, 7) is 0. The molecule has 0 N–H and O–H groups in total. The molecule has 6 heavy (non-hydrogen) atoms. The zero-order valence-electron chi connectivity index (χ0n) is 2.42. The van der Waals surface area contributed by atoms with Crippen molar-refractivity contribution in [3.8, 4) is 0 Å². The fourth-order valence-corrected chi connectivity index (χ4v) is 0. The summed E-state index contributed by atoms with van der Waals surface area (Å²) in [5.41, 5.74) is 0. The number of hydrogen-bond donors (Lipinski definition) is 0. The third kappa shape index (κ3) is 45.2. The molecule has 0 aliphatic heterocycles. The monoisotopic (exact) mass is 269 g/mol. The summed E-state index contributed by atoms with van der Waals surface area (Å²) in [5.74, 6) is 0. The molecule has 0 aliphatic rings. The summed E-state index contributed by atoms with van der Waals surface area (Å²) >= 11 is -5.75. The molecule has 0 saturated heterocycles. The van der Waals surface area contributed by atoms with E-state index in [0.717, 1.165) is 0 Å². The molecular formula is CrEuO4. The molecule has 0 aromatic rings. The molecule has 37 valence electrons. The third-order valence-electron chi connectivity index (χ3n) is 0. The molecule has 0 heterocycles. The van der Waals surface area contributed by atoms with Gasteiger partial charge in [0.15, 0.2) is 0 Å². The molecule has 0 aliphatic carbocycles. The van der Waals surface area contributed by atoms with Gasteiger partial charge in [0.1, 0.15) is 0 Å². The van der Waals surface area contributed by atoms with Crippen LogP contribution in [0.4, 0.5) is 0 Å². The summed E-state index contributed by atoms with van der Waals surface area (Å²) in [6.07, 6.45) is 0. The Labute approximate surface area is 77.5 Å². The van der Waals surface area contributed by atoms with Crippen LogP contribution in [0.5, 0.6) is 0 Å². The second-order valence-electron chi connectivity index (χ2n) is 0.408. The Morgan fingerprint density at radius 3 is 1.17 bits per heavy atom. The second-order valence-corrected chi connectivity index (χ2v) is 1.68. The van der Waals surface area contributed by atoms with Crippen molar-refractivity contribution >= 4 is 0 Å². The Bertz CT molecular complexity index is 90.7. The van der Waals surface area contributed by atoms with Gasteiger partial charge in [-0.1, -0.05) is 0 Å². The Morgan fingerprint density at radius 1 is 1.17 bits per heavy atom. The van der Waals surface area contributed by atoms with Gasteiger partial charge in [-0.2, -0.15) is 0 Å². The van der Waals surface area contributed by atoms with Crippen LogP contribution in [-0.2, 0) is 21.2 Å². The van der Waals surface area contributed by atoms with E-state index in [2.05, 4.69) is 0 Å². The molecule has 0 rings (SSSR count). The predicted molar refractivity (Wildman–Crippen MR) is 1.37 cm³/mol. The van der Waals surface area contributed by atoms with Crippen molar-refractivity contribution in [1.29, 1.82) is 0 Å². The van der Waals surface area contributed by atoms with Crippen molar-refractivity contribution in [3.05, 3.63) is 0 Å². The first-order chi connectivity index (χ1) is 2.00. The molecule has 0 atom stereocenters. The molecule has 0 bridgehead atoms. The average Bonchev–Trinajstić information content (AvgIpc) is 0.722. The maximum absolute atomic E-state index is 8.59. The van der Waals surface area contributed by atoms with Crippen LogP contribution in [-0.4, -0.2) is 0 Å². The summed E-state index contributed by atoms with van der Waals surface area (Å²) in [7, 11) is 0. The molecular weight excluding hydrogens is 268 g/mol. The van der Waals surface area contributed by atoms with E-state index in [0.29, 0.717) is 0 Å². The Balaban J connectivity index is 0. The second kappa shape index (κ2) is 3.62. The standard InChI is InChI=1S/Cr.Eu.4O/q;+2;;;2*-1. The van der Waals surface area contributed by atoms with E-state index in [1.54, 1.807) is 0 Å². The summed E-state index contributed by atoms with van der Waals surface area (Å²) in [6, 6.07) is 0. The molecule has 1 radical (unpaired) electrons. The predicted octanol–water partition coefficient (Wildman–Crippen LogP) is -2.62. The minimum atomic E-state index is -5.75. The van der Waals surface area contributed by atoms with Crippen molar-refractivity contribution < 1.29 is 78.9 Å². The van der Waals surface area contributed by atoms with Crippen molar-refractivity contribution in [2.24, 2.45) is 0 Å². The van der Waals surface area contributed by atoms with Crippen LogP contribution in [0.25, 0.3) is 0 Å². The summed E-state index contributed by atoms with van der Waals surface area (Å²) in [4.78, 5) is 0. The van der Waals surface area contributed by atoms with E-state index < -0.39 is 13.6 Å². The van der Waals surface area contributed by atoms with Crippen LogP contribution in [0.15, 0.2) is 0 Å². The van der Waals surface area contributed by atoms with E-state index in [9.17, 15) is 0 Å². The fourth-order valence-electron chi connectivity index (χ4n) is 0. The van der Waals surface area contributed by atoms with E-state index >= 15 is 0 Å². The topological polar surface area (TPSA) is 80.3 Å². The Morgan fingerprint density at radius 2 is 1.17 bits per heavy atom. The van der Waals surface area contributed by atoms with Gasteiger partial charge in [-0.3, -0.25) is 0 Å². The van der Waals surface area contributed by atoms with Crippen molar-refractivity contribution in [2.75, 3.05) is 0 Å². The molecule has 0 unspecified atom stereocenters. The van der Waals surface area contributed by atoms with Gasteiger partial charge in [-0.15, -0.1) is 0 Å². The molecule has 0 spiro atoms. The first kappa shape index (κ1) is 10.6. The SMILES string of the molecule is [Eu+2].[O]=[Cr](=[O])([O-])[O-]. The number of hydrogen-bond acceptors (Lipinski definition) is 4. The fraction of sp³-hybridized carbons (Fsp3) is 0. The molecule has 4 nitrogen and oxygen atoms in total. The normalized spacial score (nSPS) is 9.67. The molecule has 6 heteroatoms. The van der Waals surface area contributed by atoms with Gasteiger partial charge in [0.25, 0.3) is 0 Å². The van der Waals surface area contributed by atoms with Crippen LogP contribution in [0, 0.1) is 49.4 Å². The van der Waals surface area contributed by atoms with Gasteiger partial charge in [0, 0.05) is 0 Å². The molecule has 0 amide bonds. The summed E-state index contributed by atoms with van der Waals surface area (Å²) < 4.78 is 34.4. The Kier molecular flexibility index (Phi) is 6.38. The first-order valence-electron chi connectivity index (χ1n) is 0.667. The van der Waals surface area contributed by atoms with E-state index in [-0.39, 0.29) is 49.4 Å². The molecule has 0 aromatic heterocycles. The van der Waals surface area contributed by atoms with Gasteiger partial charge in [-0.05, 0) is 0 Å². The van der Waals surface area contributed by atoms with Crippen LogP contribution < -0.4 is 8.32 Å². The molecule has 0 aromatic carbocycles. The van der Waals surface area contributed by atoms with Crippen LogP contribution >= 0.6 is 0 Å². The van der Waals surface area contributed by atoms with Gasteiger partial charge >= 0.3 is 78.9 Å². The van der Waals surface area contributed by atoms with Crippen molar-refractivity contribution in [1.82, 2.24) is 0 Å².